The van der Waals surface area contributed by atoms with Crippen molar-refractivity contribution in [2.45, 2.75) is 58.4 Å². The number of likely N-dealkylation sites (tertiary alicyclic amines) is 1. The minimum absolute atomic E-state index is 0.0776. The first kappa shape index (κ1) is 16.2. The molecule has 5 heteroatoms. The number of anilines is 1. The number of nitrogens with zero attached hydrogens (tertiary/aromatic N) is 4. The number of aromatic nitrogens is 2. The van der Waals surface area contributed by atoms with Gasteiger partial charge in [-0.3, -0.25) is 4.79 Å². The highest BCUT2D eigenvalue weighted by molar-refractivity contribution is 5.93. The summed E-state index contributed by atoms with van der Waals surface area (Å²) < 4.78 is 0. The normalized spacial score (nSPS) is 25.5. The van der Waals surface area contributed by atoms with Crippen LogP contribution in [0.2, 0.25) is 0 Å². The number of carbonyl (C=O) groups is 1. The Morgan fingerprint density at radius 3 is 2.65 bits per heavy atom. The maximum atomic E-state index is 12.6. The van der Waals surface area contributed by atoms with Crippen LogP contribution in [0.3, 0.4) is 0 Å². The van der Waals surface area contributed by atoms with E-state index in [0.29, 0.717) is 17.5 Å². The monoisotopic (exact) mass is 316 g/mol. The largest absolute Gasteiger partial charge is 0.338 e. The third kappa shape index (κ3) is 3.65. The molecule has 0 saturated carbocycles. The maximum Gasteiger partial charge on any atom is 0.257 e. The number of piperidine rings is 2. The van der Waals surface area contributed by atoms with E-state index < -0.39 is 0 Å². The van der Waals surface area contributed by atoms with E-state index in [1.54, 1.807) is 12.4 Å². The lowest BCUT2D eigenvalue weighted by Gasteiger charge is -2.35. The number of carbonyl (C=O) groups excluding carboxylic acids is 1. The highest BCUT2D eigenvalue weighted by Crippen LogP contribution is 2.24. The Morgan fingerprint density at radius 2 is 1.96 bits per heavy atom. The van der Waals surface area contributed by atoms with Crippen molar-refractivity contribution in [2.24, 2.45) is 5.92 Å². The van der Waals surface area contributed by atoms with Crippen molar-refractivity contribution in [3.8, 4) is 0 Å². The average molecular weight is 316 g/mol. The van der Waals surface area contributed by atoms with Gasteiger partial charge < -0.3 is 9.80 Å². The molecule has 2 fully saturated rings. The maximum absolute atomic E-state index is 12.6. The summed E-state index contributed by atoms with van der Waals surface area (Å²) in [7, 11) is 0. The van der Waals surface area contributed by atoms with E-state index in [9.17, 15) is 4.79 Å². The zero-order valence-corrected chi connectivity index (χ0v) is 14.4. The Labute approximate surface area is 139 Å². The summed E-state index contributed by atoms with van der Waals surface area (Å²) in [6, 6.07) is 0.535. The molecule has 3 heterocycles. The highest BCUT2D eigenvalue weighted by Gasteiger charge is 2.25. The summed E-state index contributed by atoms with van der Waals surface area (Å²) in [4.78, 5) is 25.8. The van der Waals surface area contributed by atoms with Gasteiger partial charge in [-0.25, -0.2) is 9.97 Å². The van der Waals surface area contributed by atoms with Crippen molar-refractivity contribution in [2.75, 3.05) is 24.5 Å². The predicted octanol–water partition coefficient (Wildman–Crippen LogP) is 3.12. The molecule has 0 spiro atoms. The van der Waals surface area contributed by atoms with Gasteiger partial charge in [0.1, 0.15) is 0 Å². The summed E-state index contributed by atoms with van der Waals surface area (Å²) in [5.41, 5.74) is 0.618. The van der Waals surface area contributed by atoms with Gasteiger partial charge in [0, 0.05) is 38.1 Å². The van der Waals surface area contributed by atoms with Crippen LogP contribution >= 0.6 is 0 Å². The third-order valence-corrected chi connectivity index (χ3v) is 5.18. The fourth-order valence-electron chi connectivity index (χ4n) is 3.82. The molecule has 1 aromatic rings. The fraction of sp³-hybridized carbons (Fsp3) is 0.722. The van der Waals surface area contributed by atoms with Gasteiger partial charge in [-0.1, -0.05) is 13.8 Å². The van der Waals surface area contributed by atoms with E-state index in [1.165, 1.54) is 25.7 Å². The van der Waals surface area contributed by atoms with Gasteiger partial charge in [0.2, 0.25) is 5.95 Å². The molecule has 0 aromatic carbocycles. The van der Waals surface area contributed by atoms with Crippen molar-refractivity contribution < 1.29 is 4.79 Å². The minimum atomic E-state index is 0.0776. The molecule has 2 aliphatic rings. The summed E-state index contributed by atoms with van der Waals surface area (Å²) in [6.07, 6.45) is 10.6. The Hall–Kier alpha value is -1.65. The van der Waals surface area contributed by atoms with Gasteiger partial charge in [-0.15, -0.1) is 0 Å². The molecule has 23 heavy (non-hydrogen) atoms. The number of amides is 1. The predicted molar refractivity (Wildman–Crippen MR) is 91.6 cm³/mol. The molecule has 0 N–H and O–H groups in total. The Kier molecular flexibility index (Phi) is 5.13. The van der Waals surface area contributed by atoms with Crippen LogP contribution in [0.25, 0.3) is 0 Å². The van der Waals surface area contributed by atoms with Crippen LogP contribution in [0.5, 0.6) is 0 Å². The Morgan fingerprint density at radius 1 is 1.17 bits per heavy atom. The summed E-state index contributed by atoms with van der Waals surface area (Å²) >= 11 is 0. The van der Waals surface area contributed by atoms with E-state index in [2.05, 4.69) is 28.7 Å². The molecular weight excluding hydrogens is 288 g/mol. The van der Waals surface area contributed by atoms with Crippen molar-refractivity contribution in [3.05, 3.63) is 18.0 Å². The molecule has 2 saturated heterocycles. The first-order chi connectivity index (χ1) is 11.2. The van der Waals surface area contributed by atoms with Crippen LogP contribution in [-0.4, -0.2) is 46.5 Å². The average Bonchev–Trinajstić information content (AvgIpc) is 2.61. The smallest absolute Gasteiger partial charge is 0.257 e. The van der Waals surface area contributed by atoms with Crippen LogP contribution in [0, 0.1) is 5.92 Å². The molecule has 1 amide bonds. The van der Waals surface area contributed by atoms with Gasteiger partial charge in [-0.2, -0.15) is 0 Å². The van der Waals surface area contributed by atoms with Crippen molar-refractivity contribution in [3.63, 3.8) is 0 Å². The second-order valence-electron chi connectivity index (χ2n) is 7.02. The zero-order valence-electron chi connectivity index (χ0n) is 14.4. The molecule has 126 valence electrons. The molecule has 2 aliphatic heterocycles. The summed E-state index contributed by atoms with van der Waals surface area (Å²) in [5.74, 6) is 1.44. The fourth-order valence-corrected chi connectivity index (χ4v) is 3.82. The van der Waals surface area contributed by atoms with Crippen LogP contribution in [0.4, 0.5) is 5.95 Å². The molecular formula is C18H28N4O. The highest BCUT2D eigenvalue weighted by atomic mass is 16.2. The van der Waals surface area contributed by atoms with Crippen LogP contribution in [-0.2, 0) is 0 Å². The van der Waals surface area contributed by atoms with Gasteiger partial charge in [0.15, 0.2) is 0 Å². The molecule has 2 unspecified atom stereocenters. The van der Waals surface area contributed by atoms with Crippen molar-refractivity contribution in [1.29, 1.82) is 0 Å². The minimum Gasteiger partial charge on any atom is -0.338 e. The molecule has 5 nitrogen and oxygen atoms in total. The zero-order chi connectivity index (χ0) is 16.2. The first-order valence-corrected chi connectivity index (χ1v) is 9.07. The van der Waals surface area contributed by atoms with E-state index in [1.807, 2.05) is 4.90 Å². The quantitative estimate of drug-likeness (QED) is 0.859. The lowest BCUT2D eigenvalue weighted by Crippen LogP contribution is -2.41. The van der Waals surface area contributed by atoms with E-state index in [4.69, 9.17) is 0 Å². The van der Waals surface area contributed by atoms with E-state index >= 15 is 0 Å². The molecule has 0 radical (unpaired) electrons. The molecule has 0 aliphatic carbocycles. The standard InChI is InChI=1S/C18H28N4O/c1-3-16-8-4-5-10-22(16)18-19-11-15(12-20-18)17(23)21-9-6-7-14(2)13-21/h11-12,14,16H,3-10,13H2,1-2H3. The second kappa shape index (κ2) is 7.28. The summed E-state index contributed by atoms with van der Waals surface area (Å²) in [6.45, 7) is 7.16. The Balaban J connectivity index is 1.70. The van der Waals surface area contributed by atoms with Crippen molar-refractivity contribution >= 4 is 11.9 Å². The van der Waals surface area contributed by atoms with Gasteiger partial charge in [0.25, 0.3) is 5.91 Å². The van der Waals surface area contributed by atoms with Crippen LogP contribution < -0.4 is 4.90 Å². The Bertz CT molecular complexity index is 530. The second-order valence-corrected chi connectivity index (χ2v) is 7.02. The topological polar surface area (TPSA) is 49.3 Å². The van der Waals surface area contributed by atoms with Gasteiger partial charge >= 0.3 is 0 Å². The van der Waals surface area contributed by atoms with E-state index in [-0.39, 0.29) is 5.91 Å². The molecule has 2 atom stereocenters. The van der Waals surface area contributed by atoms with Crippen LogP contribution in [0.1, 0.15) is 62.7 Å². The SMILES string of the molecule is CCC1CCCCN1c1ncc(C(=O)N2CCCC(C)C2)cn1. The number of hydrogen-bond donors (Lipinski definition) is 0. The summed E-state index contributed by atoms with van der Waals surface area (Å²) in [5, 5.41) is 0. The van der Waals surface area contributed by atoms with Crippen molar-refractivity contribution in [1.82, 2.24) is 14.9 Å². The first-order valence-electron chi connectivity index (χ1n) is 9.07. The number of hydrogen-bond acceptors (Lipinski definition) is 4. The molecule has 3 rings (SSSR count). The third-order valence-electron chi connectivity index (χ3n) is 5.18. The lowest BCUT2D eigenvalue weighted by molar-refractivity contribution is 0.0682. The molecule has 0 bridgehead atoms. The van der Waals surface area contributed by atoms with Crippen LogP contribution in [0.15, 0.2) is 12.4 Å². The van der Waals surface area contributed by atoms with E-state index in [0.717, 1.165) is 38.4 Å². The molecule has 1 aromatic heterocycles. The van der Waals surface area contributed by atoms with Gasteiger partial charge in [0.05, 0.1) is 5.56 Å². The lowest BCUT2D eigenvalue weighted by atomic mass is 10.00. The number of rotatable bonds is 3. The van der Waals surface area contributed by atoms with Gasteiger partial charge in [-0.05, 0) is 44.4 Å².